The second-order valence-electron chi connectivity index (χ2n) is 5.22. The maximum Gasteiger partial charge on any atom is 0.186 e. The summed E-state index contributed by atoms with van der Waals surface area (Å²) in [5.74, 6) is 0.149. The number of nitrogens with two attached hydrogens (primary N) is 2. The maximum absolute atomic E-state index is 5.42. The Balaban J connectivity index is 1.97. The van der Waals surface area contributed by atoms with Crippen LogP contribution in [-0.2, 0) is 13.1 Å². The van der Waals surface area contributed by atoms with Gasteiger partial charge in [0.25, 0.3) is 0 Å². The summed E-state index contributed by atoms with van der Waals surface area (Å²) >= 11 is 0. The van der Waals surface area contributed by atoms with Gasteiger partial charge in [0.1, 0.15) is 0 Å². The molecule has 0 bridgehead atoms. The largest absolute Gasteiger partial charge is 0.370 e. The number of likely N-dealkylation sites (N-methyl/N-ethyl adjacent to an activating group) is 1. The van der Waals surface area contributed by atoms with E-state index in [1.54, 1.807) is 0 Å². The third kappa shape index (κ3) is 4.21. The van der Waals surface area contributed by atoms with Crippen LogP contribution in [0.4, 0.5) is 0 Å². The zero-order valence-electron chi connectivity index (χ0n) is 12.3. The Hall–Kier alpha value is -1.59. The third-order valence-electron chi connectivity index (χ3n) is 3.86. The molecule has 2 rings (SSSR count). The molecule has 1 fully saturated rings. The van der Waals surface area contributed by atoms with Crippen LogP contribution in [0.2, 0.25) is 0 Å². The lowest BCUT2D eigenvalue weighted by Crippen LogP contribution is -2.45. The van der Waals surface area contributed by atoms with Crippen LogP contribution < -0.4 is 11.5 Å². The lowest BCUT2D eigenvalue weighted by Gasteiger charge is -2.34. The molecule has 1 aromatic rings. The highest BCUT2D eigenvalue weighted by molar-refractivity contribution is 5.75. The molecule has 0 unspecified atom stereocenters. The number of hydrogen-bond donors (Lipinski definition) is 2. The van der Waals surface area contributed by atoms with Crippen molar-refractivity contribution in [3.05, 3.63) is 35.4 Å². The quantitative estimate of drug-likeness (QED) is 0.610. The molecule has 5 nitrogen and oxygen atoms in total. The Labute approximate surface area is 121 Å². The van der Waals surface area contributed by atoms with Crippen molar-refractivity contribution in [1.82, 2.24) is 9.80 Å². The van der Waals surface area contributed by atoms with Gasteiger partial charge in [0.05, 0.1) is 6.54 Å². The van der Waals surface area contributed by atoms with E-state index in [1.807, 2.05) is 6.07 Å². The van der Waals surface area contributed by atoms with E-state index in [2.05, 4.69) is 39.9 Å². The van der Waals surface area contributed by atoms with Gasteiger partial charge in [-0.2, -0.15) is 0 Å². The van der Waals surface area contributed by atoms with Crippen LogP contribution in [-0.4, -0.2) is 48.5 Å². The SMILES string of the molecule is CCN1CCN(Cc2ccccc2CN=C(N)N)CC1. The summed E-state index contributed by atoms with van der Waals surface area (Å²) in [5, 5.41) is 0. The smallest absolute Gasteiger partial charge is 0.186 e. The van der Waals surface area contributed by atoms with Crippen molar-refractivity contribution in [3.63, 3.8) is 0 Å². The van der Waals surface area contributed by atoms with Crippen molar-refractivity contribution in [1.29, 1.82) is 0 Å². The van der Waals surface area contributed by atoms with Crippen molar-refractivity contribution in [2.24, 2.45) is 16.5 Å². The van der Waals surface area contributed by atoms with E-state index in [0.717, 1.165) is 39.3 Å². The lowest BCUT2D eigenvalue weighted by atomic mass is 10.1. The summed E-state index contributed by atoms with van der Waals surface area (Å²) in [7, 11) is 0. The Morgan fingerprint density at radius 2 is 1.65 bits per heavy atom. The van der Waals surface area contributed by atoms with Crippen LogP contribution in [0, 0.1) is 0 Å². The molecular formula is C15H25N5. The summed E-state index contributed by atoms with van der Waals surface area (Å²) in [5.41, 5.74) is 13.4. The van der Waals surface area contributed by atoms with Crippen molar-refractivity contribution in [2.45, 2.75) is 20.0 Å². The van der Waals surface area contributed by atoms with Gasteiger partial charge in [-0.3, -0.25) is 4.90 Å². The number of benzene rings is 1. The van der Waals surface area contributed by atoms with E-state index in [4.69, 9.17) is 11.5 Å². The standard InChI is InChI=1S/C15H25N5/c1-2-19-7-9-20(10-8-19)12-14-6-4-3-5-13(14)11-18-15(16)17/h3-6H,2,7-12H2,1H3,(H4,16,17,18). The molecule has 1 saturated heterocycles. The van der Waals surface area contributed by atoms with E-state index < -0.39 is 0 Å². The van der Waals surface area contributed by atoms with Gasteiger partial charge in [-0.05, 0) is 17.7 Å². The highest BCUT2D eigenvalue weighted by atomic mass is 15.3. The van der Waals surface area contributed by atoms with Gasteiger partial charge in [0.15, 0.2) is 5.96 Å². The first-order valence-corrected chi connectivity index (χ1v) is 7.26. The zero-order chi connectivity index (χ0) is 14.4. The van der Waals surface area contributed by atoms with Gasteiger partial charge in [-0.25, -0.2) is 4.99 Å². The Morgan fingerprint density at radius 1 is 1.05 bits per heavy atom. The second kappa shape index (κ2) is 7.26. The topological polar surface area (TPSA) is 70.9 Å². The van der Waals surface area contributed by atoms with E-state index in [1.165, 1.54) is 11.1 Å². The molecule has 0 atom stereocenters. The van der Waals surface area contributed by atoms with Gasteiger partial charge in [0.2, 0.25) is 0 Å². The molecule has 110 valence electrons. The fourth-order valence-electron chi connectivity index (χ4n) is 2.55. The van der Waals surface area contributed by atoms with Crippen LogP contribution in [0.15, 0.2) is 29.3 Å². The molecule has 20 heavy (non-hydrogen) atoms. The molecule has 1 aliphatic heterocycles. The van der Waals surface area contributed by atoms with Gasteiger partial charge < -0.3 is 16.4 Å². The third-order valence-corrected chi connectivity index (χ3v) is 3.86. The predicted octanol–water partition coefficient (Wildman–Crippen LogP) is 0.598. The number of rotatable bonds is 5. The fourth-order valence-corrected chi connectivity index (χ4v) is 2.55. The summed E-state index contributed by atoms with van der Waals surface area (Å²) in [6, 6.07) is 8.39. The average molecular weight is 275 g/mol. The van der Waals surface area contributed by atoms with E-state index >= 15 is 0 Å². The summed E-state index contributed by atoms with van der Waals surface area (Å²) in [6.45, 7) is 9.49. The first-order valence-electron chi connectivity index (χ1n) is 7.26. The van der Waals surface area contributed by atoms with Crippen molar-refractivity contribution < 1.29 is 0 Å². The molecule has 0 spiro atoms. The van der Waals surface area contributed by atoms with Crippen LogP contribution in [0.25, 0.3) is 0 Å². The van der Waals surface area contributed by atoms with Gasteiger partial charge in [0, 0.05) is 32.7 Å². The summed E-state index contributed by atoms with van der Waals surface area (Å²) < 4.78 is 0. The zero-order valence-corrected chi connectivity index (χ0v) is 12.3. The molecule has 0 radical (unpaired) electrons. The monoisotopic (exact) mass is 275 g/mol. The molecule has 0 aliphatic carbocycles. The Morgan fingerprint density at radius 3 is 2.25 bits per heavy atom. The molecule has 1 heterocycles. The molecule has 1 aliphatic rings. The minimum Gasteiger partial charge on any atom is -0.370 e. The van der Waals surface area contributed by atoms with E-state index in [9.17, 15) is 0 Å². The van der Waals surface area contributed by atoms with Crippen LogP contribution in [0.1, 0.15) is 18.1 Å². The first kappa shape index (κ1) is 14.8. The van der Waals surface area contributed by atoms with Gasteiger partial charge in [-0.1, -0.05) is 31.2 Å². The number of piperazine rings is 1. The highest BCUT2D eigenvalue weighted by Gasteiger charge is 2.16. The predicted molar refractivity (Wildman–Crippen MR) is 83.3 cm³/mol. The van der Waals surface area contributed by atoms with E-state index in [0.29, 0.717) is 6.54 Å². The number of aliphatic imine (C=N–C) groups is 1. The number of nitrogens with zero attached hydrogens (tertiary/aromatic N) is 3. The van der Waals surface area contributed by atoms with Gasteiger partial charge >= 0.3 is 0 Å². The first-order chi connectivity index (χ1) is 9.69. The van der Waals surface area contributed by atoms with Crippen molar-refractivity contribution in [2.75, 3.05) is 32.7 Å². The number of guanidine groups is 1. The van der Waals surface area contributed by atoms with Crippen LogP contribution in [0.5, 0.6) is 0 Å². The van der Waals surface area contributed by atoms with Crippen molar-refractivity contribution in [3.8, 4) is 0 Å². The molecule has 0 aromatic heterocycles. The van der Waals surface area contributed by atoms with Crippen LogP contribution >= 0.6 is 0 Å². The van der Waals surface area contributed by atoms with E-state index in [-0.39, 0.29) is 5.96 Å². The number of hydrogen-bond acceptors (Lipinski definition) is 3. The highest BCUT2D eigenvalue weighted by Crippen LogP contribution is 2.14. The van der Waals surface area contributed by atoms with Crippen LogP contribution in [0.3, 0.4) is 0 Å². The van der Waals surface area contributed by atoms with Gasteiger partial charge in [-0.15, -0.1) is 0 Å². The molecular weight excluding hydrogens is 250 g/mol. The summed E-state index contributed by atoms with van der Waals surface area (Å²) in [6.07, 6.45) is 0. The normalized spacial score (nSPS) is 17.1. The Kier molecular flexibility index (Phi) is 5.38. The molecule has 5 heteroatoms. The second-order valence-corrected chi connectivity index (χ2v) is 5.22. The molecule has 4 N–H and O–H groups in total. The fraction of sp³-hybridized carbons (Fsp3) is 0.533. The maximum atomic E-state index is 5.42. The summed E-state index contributed by atoms with van der Waals surface area (Å²) in [4.78, 5) is 9.11. The molecule has 1 aromatic carbocycles. The Bertz CT molecular complexity index is 445. The minimum absolute atomic E-state index is 0.149. The lowest BCUT2D eigenvalue weighted by molar-refractivity contribution is 0.131. The molecule has 0 amide bonds. The average Bonchev–Trinajstić information content (AvgIpc) is 2.47. The van der Waals surface area contributed by atoms with Crippen molar-refractivity contribution >= 4 is 5.96 Å². The molecule has 0 saturated carbocycles. The minimum atomic E-state index is 0.149.